The zero-order valence-corrected chi connectivity index (χ0v) is 11.1. The van der Waals surface area contributed by atoms with E-state index in [0.717, 1.165) is 25.7 Å². The predicted octanol–water partition coefficient (Wildman–Crippen LogP) is 2.14. The van der Waals surface area contributed by atoms with Crippen molar-refractivity contribution >= 4 is 5.91 Å². The molecule has 1 aromatic carbocycles. The van der Waals surface area contributed by atoms with Gasteiger partial charge in [0.15, 0.2) is 0 Å². The lowest BCUT2D eigenvalue weighted by atomic mass is 10.0. The van der Waals surface area contributed by atoms with E-state index in [1.165, 1.54) is 12.5 Å². The fourth-order valence-electron chi connectivity index (χ4n) is 2.59. The molecule has 1 amide bonds. The quantitative estimate of drug-likeness (QED) is 0.822. The molecule has 3 N–H and O–H groups in total. The number of amides is 1. The first kappa shape index (κ1) is 14.0. The number of benzene rings is 1. The molecule has 1 saturated carbocycles. The Morgan fingerprint density at radius 3 is 2.79 bits per heavy atom. The molecule has 104 valence electrons. The van der Waals surface area contributed by atoms with E-state index >= 15 is 0 Å². The summed E-state index contributed by atoms with van der Waals surface area (Å²) in [6.45, 7) is 0. The average molecular weight is 264 g/mol. The maximum atomic E-state index is 13.5. The average Bonchev–Trinajstić information content (AvgIpc) is 2.58. The summed E-state index contributed by atoms with van der Waals surface area (Å²) >= 11 is 0. The van der Waals surface area contributed by atoms with E-state index in [0.29, 0.717) is 5.56 Å². The summed E-state index contributed by atoms with van der Waals surface area (Å²) in [4.78, 5) is 12.0. The van der Waals surface area contributed by atoms with Crippen LogP contribution in [0.2, 0.25) is 0 Å². The van der Waals surface area contributed by atoms with Gasteiger partial charge in [0.1, 0.15) is 5.82 Å². The maximum absolute atomic E-state index is 13.5. The lowest BCUT2D eigenvalue weighted by Crippen LogP contribution is -2.47. The standard InChI is InChI=1S/C15H21FN2O/c16-12-7-5-4-6-11(12)10-15(19)18-14-9-3-1-2-8-13(14)17/h4-7,13-14H,1-3,8-10,17H2,(H,18,19). The Balaban J connectivity index is 1.92. The molecule has 0 saturated heterocycles. The molecule has 0 spiro atoms. The molecule has 0 heterocycles. The molecule has 0 radical (unpaired) electrons. The second-order valence-electron chi connectivity index (χ2n) is 5.24. The molecule has 0 bridgehead atoms. The monoisotopic (exact) mass is 264 g/mol. The third-order valence-corrected chi connectivity index (χ3v) is 3.72. The molecule has 1 aromatic rings. The Labute approximate surface area is 113 Å². The molecule has 0 aromatic heterocycles. The van der Waals surface area contributed by atoms with Crippen LogP contribution in [0.3, 0.4) is 0 Å². The smallest absolute Gasteiger partial charge is 0.224 e. The number of nitrogens with two attached hydrogens (primary N) is 1. The number of nitrogens with one attached hydrogen (secondary N) is 1. The van der Waals surface area contributed by atoms with Gasteiger partial charge in [0.05, 0.1) is 6.42 Å². The summed E-state index contributed by atoms with van der Waals surface area (Å²) in [6, 6.07) is 6.43. The summed E-state index contributed by atoms with van der Waals surface area (Å²) in [5.41, 5.74) is 6.49. The van der Waals surface area contributed by atoms with Crippen LogP contribution in [0, 0.1) is 5.82 Å². The minimum atomic E-state index is -0.331. The normalized spacial score (nSPS) is 23.7. The molecule has 2 atom stereocenters. The molecule has 1 fully saturated rings. The highest BCUT2D eigenvalue weighted by molar-refractivity contribution is 5.79. The van der Waals surface area contributed by atoms with Crippen LogP contribution < -0.4 is 11.1 Å². The van der Waals surface area contributed by atoms with Gasteiger partial charge in [0.25, 0.3) is 0 Å². The van der Waals surface area contributed by atoms with E-state index < -0.39 is 0 Å². The molecule has 19 heavy (non-hydrogen) atoms. The zero-order chi connectivity index (χ0) is 13.7. The Morgan fingerprint density at radius 2 is 2.00 bits per heavy atom. The van der Waals surface area contributed by atoms with Crippen molar-refractivity contribution in [3.63, 3.8) is 0 Å². The van der Waals surface area contributed by atoms with Gasteiger partial charge in [-0.05, 0) is 24.5 Å². The number of halogens is 1. The van der Waals surface area contributed by atoms with Crippen molar-refractivity contribution in [2.45, 2.75) is 50.6 Å². The number of hydrogen-bond acceptors (Lipinski definition) is 2. The van der Waals surface area contributed by atoms with Crippen molar-refractivity contribution in [2.24, 2.45) is 5.73 Å². The third-order valence-electron chi connectivity index (χ3n) is 3.72. The van der Waals surface area contributed by atoms with Gasteiger partial charge >= 0.3 is 0 Å². The summed E-state index contributed by atoms with van der Waals surface area (Å²) in [5.74, 6) is -0.477. The van der Waals surface area contributed by atoms with Crippen molar-refractivity contribution in [1.82, 2.24) is 5.32 Å². The van der Waals surface area contributed by atoms with Crippen molar-refractivity contribution in [3.05, 3.63) is 35.6 Å². The van der Waals surface area contributed by atoms with E-state index in [2.05, 4.69) is 5.32 Å². The SMILES string of the molecule is NC1CCCCCC1NC(=O)Cc1ccccc1F. The van der Waals surface area contributed by atoms with Crippen LogP contribution in [0.5, 0.6) is 0 Å². The molecule has 3 nitrogen and oxygen atoms in total. The summed E-state index contributed by atoms with van der Waals surface area (Å²) in [6.07, 6.45) is 5.34. The van der Waals surface area contributed by atoms with Gasteiger partial charge < -0.3 is 11.1 Å². The first-order valence-corrected chi connectivity index (χ1v) is 6.95. The topological polar surface area (TPSA) is 55.1 Å². The van der Waals surface area contributed by atoms with Crippen molar-refractivity contribution in [3.8, 4) is 0 Å². The van der Waals surface area contributed by atoms with Crippen LogP contribution in [-0.2, 0) is 11.2 Å². The number of carbonyl (C=O) groups excluding carboxylic acids is 1. The van der Waals surface area contributed by atoms with Gasteiger partial charge in [-0.2, -0.15) is 0 Å². The van der Waals surface area contributed by atoms with Crippen LogP contribution in [0.25, 0.3) is 0 Å². The first-order valence-electron chi connectivity index (χ1n) is 6.95. The molecular weight excluding hydrogens is 243 g/mol. The van der Waals surface area contributed by atoms with Gasteiger partial charge in [-0.1, -0.05) is 37.5 Å². The predicted molar refractivity (Wildman–Crippen MR) is 73.1 cm³/mol. The summed E-state index contributed by atoms with van der Waals surface area (Å²) in [7, 11) is 0. The molecule has 1 aliphatic rings. The lowest BCUT2D eigenvalue weighted by Gasteiger charge is -2.22. The Bertz CT molecular complexity index is 436. The third kappa shape index (κ3) is 4.03. The van der Waals surface area contributed by atoms with Crippen LogP contribution in [-0.4, -0.2) is 18.0 Å². The second kappa shape index (κ2) is 6.66. The second-order valence-corrected chi connectivity index (χ2v) is 5.24. The molecule has 4 heteroatoms. The Hall–Kier alpha value is -1.42. The summed E-state index contributed by atoms with van der Waals surface area (Å²) in [5, 5.41) is 2.95. The number of hydrogen-bond donors (Lipinski definition) is 2. The van der Waals surface area contributed by atoms with Gasteiger partial charge in [0.2, 0.25) is 5.91 Å². The fraction of sp³-hybridized carbons (Fsp3) is 0.533. The van der Waals surface area contributed by atoms with E-state index in [-0.39, 0.29) is 30.2 Å². The highest BCUT2D eigenvalue weighted by Gasteiger charge is 2.22. The van der Waals surface area contributed by atoms with Crippen molar-refractivity contribution < 1.29 is 9.18 Å². The lowest BCUT2D eigenvalue weighted by molar-refractivity contribution is -0.121. The van der Waals surface area contributed by atoms with Gasteiger partial charge in [-0.3, -0.25) is 4.79 Å². The van der Waals surface area contributed by atoms with Crippen LogP contribution >= 0.6 is 0 Å². The Morgan fingerprint density at radius 1 is 1.26 bits per heavy atom. The van der Waals surface area contributed by atoms with Crippen molar-refractivity contribution in [1.29, 1.82) is 0 Å². The van der Waals surface area contributed by atoms with E-state index in [9.17, 15) is 9.18 Å². The molecular formula is C15H21FN2O. The molecule has 2 unspecified atom stereocenters. The molecule has 1 aliphatic carbocycles. The summed E-state index contributed by atoms with van der Waals surface area (Å²) < 4.78 is 13.5. The zero-order valence-electron chi connectivity index (χ0n) is 11.1. The van der Waals surface area contributed by atoms with Gasteiger partial charge in [0, 0.05) is 12.1 Å². The minimum Gasteiger partial charge on any atom is -0.352 e. The van der Waals surface area contributed by atoms with Crippen molar-refractivity contribution in [2.75, 3.05) is 0 Å². The molecule has 0 aliphatic heterocycles. The van der Waals surface area contributed by atoms with Crippen LogP contribution in [0.15, 0.2) is 24.3 Å². The largest absolute Gasteiger partial charge is 0.352 e. The van der Waals surface area contributed by atoms with Gasteiger partial charge in [-0.15, -0.1) is 0 Å². The van der Waals surface area contributed by atoms with E-state index in [1.54, 1.807) is 18.2 Å². The number of rotatable bonds is 3. The van der Waals surface area contributed by atoms with Crippen LogP contribution in [0.4, 0.5) is 4.39 Å². The van der Waals surface area contributed by atoms with E-state index in [1.807, 2.05) is 0 Å². The number of carbonyl (C=O) groups is 1. The molecule has 2 rings (SSSR count). The highest BCUT2D eigenvalue weighted by Crippen LogP contribution is 2.17. The highest BCUT2D eigenvalue weighted by atomic mass is 19.1. The minimum absolute atomic E-state index is 0.0204. The van der Waals surface area contributed by atoms with Gasteiger partial charge in [-0.25, -0.2) is 4.39 Å². The Kier molecular flexibility index (Phi) is 4.91. The van der Waals surface area contributed by atoms with Crippen LogP contribution in [0.1, 0.15) is 37.7 Å². The fourth-order valence-corrected chi connectivity index (χ4v) is 2.59. The first-order chi connectivity index (χ1) is 9.16. The van der Waals surface area contributed by atoms with E-state index in [4.69, 9.17) is 5.73 Å². The maximum Gasteiger partial charge on any atom is 0.224 e.